The van der Waals surface area contributed by atoms with Crippen molar-refractivity contribution in [2.45, 2.75) is 24.7 Å². The number of halogens is 1. The molecule has 2 aromatic rings. The summed E-state index contributed by atoms with van der Waals surface area (Å²) in [5.41, 5.74) is 0.707. The van der Waals surface area contributed by atoms with Crippen LogP contribution in [-0.2, 0) is 16.6 Å². The monoisotopic (exact) mass is 305 g/mol. The smallest absolute Gasteiger partial charge is 0.230 e. The normalized spacial score (nSPS) is 15.8. The second-order valence-corrected chi connectivity index (χ2v) is 6.65. The first kappa shape index (κ1) is 13.7. The second-order valence-electron chi connectivity index (χ2n) is 5.18. The van der Waals surface area contributed by atoms with Gasteiger partial charge < -0.3 is 5.32 Å². The standard InChI is InChI=1S/C16H16ClNOS/c17-13-4-1-3-12(11-13)16(7-8-16)15(19)18-9-6-14-5-2-10-20-14/h1-5,10-11H,6-9H2,(H,18,19). The molecule has 3 rings (SSSR count). The van der Waals surface area contributed by atoms with Crippen molar-refractivity contribution < 1.29 is 4.79 Å². The molecule has 0 aliphatic heterocycles. The molecular formula is C16H16ClNOS. The number of hydrogen-bond acceptors (Lipinski definition) is 2. The molecule has 0 radical (unpaired) electrons. The highest BCUT2D eigenvalue weighted by molar-refractivity contribution is 7.09. The van der Waals surface area contributed by atoms with E-state index < -0.39 is 0 Å². The van der Waals surface area contributed by atoms with Gasteiger partial charge in [-0.2, -0.15) is 0 Å². The molecular weight excluding hydrogens is 290 g/mol. The predicted octanol–water partition coefficient (Wildman–Crippen LogP) is 3.79. The number of carbonyl (C=O) groups excluding carboxylic acids is 1. The molecule has 1 N–H and O–H groups in total. The molecule has 1 fully saturated rings. The van der Waals surface area contributed by atoms with Crippen molar-refractivity contribution in [1.82, 2.24) is 5.32 Å². The van der Waals surface area contributed by atoms with Crippen LogP contribution in [0.5, 0.6) is 0 Å². The van der Waals surface area contributed by atoms with Crippen molar-refractivity contribution in [3.63, 3.8) is 0 Å². The summed E-state index contributed by atoms with van der Waals surface area (Å²) in [7, 11) is 0. The second kappa shape index (κ2) is 5.58. The fourth-order valence-corrected chi connectivity index (χ4v) is 3.38. The first-order chi connectivity index (χ1) is 9.71. The van der Waals surface area contributed by atoms with E-state index in [1.54, 1.807) is 11.3 Å². The van der Waals surface area contributed by atoms with Gasteiger partial charge in [0.15, 0.2) is 0 Å². The molecule has 104 valence electrons. The lowest BCUT2D eigenvalue weighted by Gasteiger charge is -2.16. The SMILES string of the molecule is O=C(NCCc1cccs1)C1(c2cccc(Cl)c2)CC1. The molecule has 1 aliphatic carbocycles. The van der Waals surface area contributed by atoms with E-state index in [0.29, 0.717) is 11.6 Å². The van der Waals surface area contributed by atoms with Crippen LogP contribution < -0.4 is 5.32 Å². The van der Waals surface area contributed by atoms with Crippen molar-refractivity contribution >= 4 is 28.8 Å². The first-order valence-corrected chi connectivity index (χ1v) is 8.03. The van der Waals surface area contributed by atoms with Gasteiger partial charge in [-0.15, -0.1) is 11.3 Å². The maximum atomic E-state index is 12.4. The molecule has 2 nitrogen and oxygen atoms in total. The van der Waals surface area contributed by atoms with Gasteiger partial charge in [0.2, 0.25) is 5.91 Å². The van der Waals surface area contributed by atoms with E-state index in [9.17, 15) is 4.79 Å². The number of carbonyl (C=O) groups is 1. The third-order valence-electron chi connectivity index (χ3n) is 3.80. The highest BCUT2D eigenvalue weighted by Crippen LogP contribution is 2.48. The Morgan fingerprint density at radius 2 is 2.15 bits per heavy atom. The van der Waals surface area contributed by atoms with Gasteiger partial charge in [-0.25, -0.2) is 0 Å². The Hall–Kier alpha value is -1.32. The quantitative estimate of drug-likeness (QED) is 0.894. The van der Waals surface area contributed by atoms with Crippen molar-refractivity contribution in [1.29, 1.82) is 0 Å². The minimum Gasteiger partial charge on any atom is -0.355 e. The zero-order chi connectivity index (χ0) is 14.0. The molecule has 1 amide bonds. The van der Waals surface area contributed by atoms with E-state index in [1.165, 1.54) is 4.88 Å². The summed E-state index contributed by atoms with van der Waals surface area (Å²) in [6.07, 6.45) is 2.73. The molecule has 1 aromatic heterocycles. The molecule has 0 spiro atoms. The number of benzene rings is 1. The average molecular weight is 306 g/mol. The molecule has 4 heteroatoms. The van der Waals surface area contributed by atoms with Crippen LogP contribution in [0.2, 0.25) is 5.02 Å². The number of thiophene rings is 1. The van der Waals surface area contributed by atoms with Gasteiger partial charge in [-0.05, 0) is 48.4 Å². The summed E-state index contributed by atoms with van der Waals surface area (Å²) in [4.78, 5) is 13.7. The number of nitrogens with one attached hydrogen (secondary N) is 1. The molecule has 0 unspecified atom stereocenters. The number of amides is 1. The lowest BCUT2D eigenvalue weighted by atomic mass is 9.95. The lowest BCUT2D eigenvalue weighted by molar-refractivity contribution is -0.123. The third-order valence-corrected chi connectivity index (χ3v) is 4.97. The van der Waals surface area contributed by atoms with Gasteiger partial charge in [0.05, 0.1) is 5.41 Å². The number of rotatable bonds is 5. The van der Waals surface area contributed by atoms with E-state index in [1.807, 2.05) is 30.3 Å². The Morgan fingerprint density at radius 3 is 2.80 bits per heavy atom. The molecule has 0 bridgehead atoms. The van der Waals surface area contributed by atoms with Crippen molar-refractivity contribution in [2.24, 2.45) is 0 Å². The van der Waals surface area contributed by atoms with Crippen LogP contribution in [0.15, 0.2) is 41.8 Å². The molecule has 1 aromatic carbocycles. The average Bonchev–Trinajstić information content (AvgIpc) is 3.10. The minimum atomic E-state index is -0.333. The molecule has 20 heavy (non-hydrogen) atoms. The van der Waals surface area contributed by atoms with Gasteiger partial charge in [-0.1, -0.05) is 29.8 Å². The molecule has 1 heterocycles. The van der Waals surface area contributed by atoms with Crippen LogP contribution in [0.25, 0.3) is 0 Å². The Bertz CT molecular complexity index is 605. The molecule has 1 saturated carbocycles. The maximum absolute atomic E-state index is 12.4. The Morgan fingerprint density at radius 1 is 1.30 bits per heavy atom. The highest BCUT2D eigenvalue weighted by Gasteiger charge is 2.51. The van der Waals surface area contributed by atoms with Crippen LogP contribution in [0.1, 0.15) is 23.3 Å². The van der Waals surface area contributed by atoms with Gasteiger partial charge in [0.25, 0.3) is 0 Å². The van der Waals surface area contributed by atoms with Crippen LogP contribution in [0.3, 0.4) is 0 Å². The summed E-state index contributed by atoms with van der Waals surface area (Å²) in [6, 6.07) is 11.8. The summed E-state index contributed by atoms with van der Waals surface area (Å²) >= 11 is 7.75. The predicted molar refractivity (Wildman–Crippen MR) is 83.4 cm³/mol. The minimum absolute atomic E-state index is 0.135. The Balaban J connectivity index is 1.62. The van der Waals surface area contributed by atoms with E-state index in [0.717, 1.165) is 24.8 Å². The van der Waals surface area contributed by atoms with Crippen molar-refractivity contribution in [3.8, 4) is 0 Å². The third kappa shape index (κ3) is 2.74. The van der Waals surface area contributed by atoms with E-state index >= 15 is 0 Å². The first-order valence-electron chi connectivity index (χ1n) is 6.77. The molecule has 0 atom stereocenters. The summed E-state index contributed by atoms with van der Waals surface area (Å²) in [5, 5.41) is 5.82. The van der Waals surface area contributed by atoms with Gasteiger partial charge in [0, 0.05) is 16.4 Å². The molecule has 1 aliphatic rings. The Labute approximate surface area is 127 Å². The van der Waals surface area contributed by atoms with Crippen LogP contribution in [0, 0.1) is 0 Å². The summed E-state index contributed by atoms with van der Waals surface area (Å²) in [5.74, 6) is 0.135. The zero-order valence-corrected chi connectivity index (χ0v) is 12.6. The van der Waals surface area contributed by atoms with Crippen LogP contribution in [0.4, 0.5) is 0 Å². The van der Waals surface area contributed by atoms with Gasteiger partial charge in [-0.3, -0.25) is 4.79 Å². The topological polar surface area (TPSA) is 29.1 Å². The maximum Gasteiger partial charge on any atom is 0.230 e. The van der Waals surface area contributed by atoms with E-state index in [4.69, 9.17) is 11.6 Å². The van der Waals surface area contributed by atoms with Gasteiger partial charge >= 0.3 is 0 Å². The van der Waals surface area contributed by atoms with Gasteiger partial charge in [0.1, 0.15) is 0 Å². The fraction of sp³-hybridized carbons (Fsp3) is 0.312. The fourth-order valence-electron chi connectivity index (χ4n) is 2.48. The van der Waals surface area contributed by atoms with Crippen molar-refractivity contribution in [2.75, 3.05) is 6.54 Å². The van der Waals surface area contributed by atoms with E-state index in [-0.39, 0.29) is 11.3 Å². The van der Waals surface area contributed by atoms with E-state index in [2.05, 4.69) is 16.8 Å². The summed E-state index contributed by atoms with van der Waals surface area (Å²) in [6.45, 7) is 0.696. The van der Waals surface area contributed by atoms with Crippen molar-refractivity contribution in [3.05, 3.63) is 57.2 Å². The Kier molecular flexibility index (Phi) is 3.81. The summed E-state index contributed by atoms with van der Waals surface area (Å²) < 4.78 is 0. The van der Waals surface area contributed by atoms with Crippen LogP contribution in [-0.4, -0.2) is 12.5 Å². The highest BCUT2D eigenvalue weighted by atomic mass is 35.5. The largest absolute Gasteiger partial charge is 0.355 e. The zero-order valence-electron chi connectivity index (χ0n) is 11.1. The molecule has 0 saturated heterocycles. The van der Waals surface area contributed by atoms with Crippen LogP contribution >= 0.6 is 22.9 Å². The lowest BCUT2D eigenvalue weighted by Crippen LogP contribution is -2.35. The number of hydrogen-bond donors (Lipinski definition) is 1.